The van der Waals surface area contributed by atoms with Crippen molar-refractivity contribution >= 4 is 0 Å². The standard InChI is InChI=1S/C52H33N3/c1-3-17-34(18-4-1)36-21-15-22-37(33-36)50-53-49(35-19-5-2-6-20-35)54-51(55-50)44-27-8-7-23-38(44)42-28-16-29-43-41-26-11-14-32-47(41)52(48(42)43)45-30-12-9-24-39(45)40-25-10-13-31-46(40)52/h1-33H. The van der Waals surface area contributed by atoms with Gasteiger partial charge in [0, 0.05) is 16.7 Å². The summed E-state index contributed by atoms with van der Waals surface area (Å²) in [4.78, 5) is 15.6. The van der Waals surface area contributed by atoms with Crippen molar-refractivity contribution in [2.24, 2.45) is 0 Å². The Hall–Kier alpha value is -7.23. The van der Waals surface area contributed by atoms with Crippen molar-refractivity contribution in [3.63, 3.8) is 0 Å². The van der Waals surface area contributed by atoms with Gasteiger partial charge in [0.05, 0.1) is 5.41 Å². The van der Waals surface area contributed by atoms with Crippen LogP contribution in [0, 0.1) is 0 Å². The lowest BCUT2D eigenvalue weighted by molar-refractivity contribution is 0.796. The first-order chi connectivity index (χ1) is 27.3. The Morgan fingerprint density at radius 3 is 1.25 bits per heavy atom. The van der Waals surface area contributed by atoms with Crippen LogP contribution in [0.15, 0.2) is 200 Å². The van der Waals surface area contributed by atoms with Gasteiger partial charge in [0.15, 0.2) is 17.5 Å². The molecule has 0 radical (unpaired) electrons. The van der Waals surface area contributed by atoms with E-state index in [9.17, 15) is 0 Å². The molecule has 1 spiro atoms. The minimum atomic E-state index is -0.486. The molecule has 1 aromatic heterocycles. The fourth-order valence-corrected chi connectivity index (χ4v) is 9.10. The molecule has 0 saturated heterocycles. The lowest BCUT2D eigenvalue weighted by Gasteiger charge is -2.32. The van der Waals surface area contributed by atoms with Gasteiger partial charge in [-0.1, -0.05) is 194 Å². The zero-order valence-electron chi connectivity index (χ0n) is 29.9. The van der Waals surface area contributed by atoms with Crippen LogP contribution in [0.3, 0.4) is 0 Å². The summed E-state index contributed by atoms with van der Waals surface area (Å²) in [5.41, 5.74) is 17.2. The molecular formula is C52H33N3. The summed E-state index contributed by atoms with van der Waals surface area (Å²) in [6.07, 6.45) is 0. The summed E-state index contributed by atoms with van der Waals surface area (Å²) >= 11 is 0. The van der Waals surface area contributed by atoms with Crippen molar-refractivity contribution in [1.29, 1.82) is 0 Å². The molecule has 0 atom stereocenters. The monoisotopic (exact) mass is 699 g/mol. The summed E-state index contributed by atoms with van der Waals surface area (Å²) in [7, 11) is 0. The van der Waals surface area contributed by atoms with Gasteiger partial charge in [0.2, 0.25) is 0 Å². The van der Waals surface area contributed by atoms with Crippen molar-refractivity contribution in [3.8, 4) is 78.7 Å². The third-order valence-electron chi connectivity index (χ3n) is 11.4. The van der Waals surface area contributed by atoms with E-state index in [1.165, 1.54) is 50.1 Å². The van der Waals surface area contributed by atoms with Gasteiger partial charge >= 0.3 is 0 Å². The number of aromatic nitrogens is 3. The zero-order chi connectivity index (χ0) is 36.3. The normalized spacial score (nSPS) is 12.9. The Balaban J connectivity index is 1.17. The lowest BCUT2D eigenvalue weighted by atomic mass is 9.68. The van der Waals surface area contributed by atoms with E-state index in [1.807, 2.05) is 24.3 Å². The molecule has 0 aliphatic heterocycles. The Bertz CT molecular complexity index is 2870. The molecule has 11 rings (SSSR count). The van der Waals surface area contributed by atoms with E-state index in [-0.39, 0.29) is 0 Å². The second kappa shape index (κ2) is 12.4. The Labute approximate surface area is 320 Å². The molecule has 8 aromatic carbocycles. The minimum Gasteiger partial charge on any atom is -0.208 e. The molecule has 2 aliphatic rings. The largest absolute Gasteiger partial charge is 0.208 e. The summed E-state index contributed by atoms with van der Waals surface area (Å²) in [6, 6.07) is 71.5. The van der Waals surface area contributed by atoms with Gasteiger partial charge in [-0.25, -0.2) is 15.0 Å². The van der Waals surface area contributed by atoms with Gasteiger partial charge < -0.3 is 0 Å². The molecule has 2 aliphatic carbocycles. The first kappa shape index (κ1) is 31.3. The highest BCUT2D eigenvalue weighted by Crippen LogP contribution is 2.64. The van der Waals surface area contributed by atoms with E-state index in [4.69, 9.17) is 15.0 Å². The number of hydrogen-bond donors (Lipinski definition) is 0. The summed E-state index contributed by atoms with van der Waals surface area (Å²) < 4.78 is 0. The fraction of sp³-hybridized carbons (Fsp3) is 0.0192. The molecule has 3 heteroatoms. The lowest BCUT2D eigenvalue weighted by Crippen LogP contribution is -2.26. The molecular weight excluding hydrogens is 667 g/mol. The SMILES string of the molecule is c1ccc(-c2cccc(-c3nc(-c4ccccc4)nc(-c4ccccc4-c4cccc5c4C4(c6ccccc6-c6ccccc64)c4ccccc4-5)n3)c2)cc1. The van der Waals surface area contributed by atoms with Crippen molar-refractivity contribution < 1.29 is 0 Å². The summed E-state index contributed by atoms with van der Waals surface area (Å²) in [5.74, 6) is 1.91. The van der Waals surface area contributed by atoms with Crippen LogP contribution in [0.1, 0.15) is 22.3 Å². The van der Waals surface area contributed by atoms with E-state index in [0.29, 0.717) is 17.5 Å². The van der Waals surface area contributed by atoms with E-state index in [2.05, 4.69) is 176 Å². The molecule has 0 unspecified atom stereocenters. The number of rotatable bonds is 5. The number of fused-ring (bicyclic) bond motifs is 10. The van der Waals surface area contributed by atoms with Crippen LogP contribution in [-0.4, -0.2) is 15.0 Å². The van der Waals surface area contributed by atoms with Crippen molar-refractivity contribution in [2.75, 3.05) is 0 Å². The van der Waals surface area contributed by atoms with Crippen LogP contribution in [0.2, 0.25) is 0 Å². The zero-order valence-corrected chi connectivity index (χ0v) is 29.9. The van der Waals surface area contributed by atoms with Crippen molar-refractivity contribution in [1.82, 2.24) is 15.0 Å². The van der Waals surface area contributed by atoms with Gasteiger partial charge in [0.25, 0.3) is 0 Å². The molecule has 1 heterocycles. The third kappa shape index (κ3) is 4.73. The molecule has 0 N–H and O–H groups in total. The van der Waals surface area contributed by atoms with E-state index >= 15 is 0 Å². The fourth-order valence-electron chi connectivity index (χ4n) is 9.10. The molecule has 9 aromatic rings. The summed E-state index contributed by atoms with van der Waals surface area (Å²) in [6.45, 7) is 0. The van der Waals surface area contributed by atoms with Crippen LogP contribution in [-0.2, 0) is 5.41 Å². The van der Waals surface area contributed by atoms with E-state index in [1.54, 1.807) is 0 Å². The maximum Gasteiger partial charge on any atom is 0.164 e. The topological polar surface area (TPSA) is 38.7 Å². The first-order valence-electron chi connectivity index (χ1n) is 18.8. The van der Waals surface area contributed by atoms with E-state index < -0.39 is 5.41 Å². The number of hydrogen-bond acceptors (Lipinski definition) is 3. The van der Waals surface area contributed by atoms with Gasteiger partial charge in [-0.05, 0) is 72.8 Å². The predicted octanol–water partition coefficient (Wildman–Crippen LogP) is 12.6. The molecule has 0 bridgehead atoms. The maximum absolute atomic E-state index is 5.29. The predicted molar refractivity (Wildman–Crippen MR) is 223 cm³/mol. The van der Waals surface area contributed by atoms with Gasteiger partial charge in [-0.2, -0.15) is 0 Å². The highest BCUT2D eigenvalue weighted by atomic mass is 15.0. The smallest absolute Gasteiger partial charge is 0.164 e. The van der Waals surface area contributed by atoms with Crippen LogP contribution in [0.4, 0.5) is 0 Å². The quantitative estimate of drug-likeness (QED) is 0.179. The van der Waals surface area contributed by atoms with E-state index in [0.717, 1.165) is 33.4 Å². The molecule has 0 saturated carbocycles. The second-order valence-corrected chi connectivity index (χ2v) is 14.3. The highest BCUT2D eigenvalue weighted by Gasteiger charge is 2.52. The Morgan fingerprint density at radius 2 is 0.636 bits per heavy atom. The molecule has 256 valence electrons. The molecule has 0 fully saturated rings. The van der Waals surface area contributed by atoms with Crippen molar-refractivity contribution in [3.05, 3.63) is 222 Å². The average molecular weight is 700 g/mol. The van der Waals surface area contributed by atoms with Gasteiger partial charge in [0.1, 0.15) is 0 Å². The minimum absolute atomic E-state index is 0.486. The van der Waals surface area contributed by atoms with Crippen LogP contribution in [0.25, 0.3) is 78.7 Å². The number of nitrogens with zero attached hydrogens (tertiary/aromatic N) is 3. The van der Waals surface area contributed by atoms with Crippen LogP contribution < -0.4 is 0 Å². The average Bonchev–Trinajstić information content (AvgIpc) is 3.74. The van der Waals surface area contributed by atoms with Crippen LogP contribution in [0.5, 0.6) is 0 Å². The Kier molecular flexibility index (Phi) is 7.08. The first-order valence-corrected chi connectivity index (χ1v) is 18.8. The second-order valence-electron chi connectivity index (χ2n) is 14.3. The molecule has 0 amide bonds. The van der Waals surface area contributed by atoms with Crippen LogP contribution >= 0.6 is 0 Å². The number of benzene rings is 8. The van der Waals surface area contributed by atoms with Gasteiger partial charge in [-0.3, -0.25) is 0 Å². The van der Waals surface area contributed by atoms with Crippen molar-refractivity contribution in [2.45, 2.75) is 5.41 Å². The highest BCUT2D eigenvalue weighted by molar-refractivity contribution is 6.00. The third-order valence-corrected chi connectivity index (χ3v) is 11.4. The van der Waals surface area contributed by atoms with Gasteiger partial charge in [-0.15, -0.1) is 0 Å². The molecule has 3 nitrogen and oxygen atoms in total. The Morgan fingerprint density at radius 1 is 0.255 bits per heavy atom. The maximum atomic E-state index is 5.29. The summed E-state index contributed by atoms with van der Waals surface area (Å²) in [5, 5.41) is 0. The molecule has 55 heavy (non-hydrogen) atoms.